The van der Waals surface area contributed by atoms with Crippen molar-refractivity contribution in [1.29, 1.82) is 0 Å². The molecule has 0 saturated heterocycles. The molecule has 0 atom stereocenters. The molecule has 1 N–H and O–H groups in total. The van der Waals surface area contributed by atoms with Crippen LogP contribution in [0, 0.1) is 0 Å². The van der Waals surface area contributed by atoms with Crippen molar-refractivity contribution in [2.75, 3.05) is 25.1 Å². The number of hydrogen-bond acceptors (Lipinski definition) is 3. The summed E-state index contributed by atoms with van der Waals surface area (Å²) in [6, 6.07) is 5.08. The number of ether oxygens (including phenoxy) is 1. The van der Waals surface area contributed by atoms with Crippen molar-refractivity contribution in [1.82, 2.24) is 0 Å². The van der Waals surface area contributed by atoms with Crippen LogP contribution in [0.1, 0.15) is 117 Å². The molecule has 1 rings (SSSR count). The van der Waals surface area contributed by atoms with E-state index in [2.05, 4.69) is 96.7 Å². The molecule has 42 heavy (non-hydrogen) atoms. The van der Waals surface area contributed by atoms with Gasteiger partial charge < -0.3 is 14.7 Å². The number of carboxylic acids is 1. The fourth-order valence-corrected chi connectivity index (χ4v) is 4.55. The molecular formula is C38H57NO3. The molecule has 0 fully saturated rings. The van der Waals surface area contributed by atoms with E-state index >= 15 is 0 Å². The van der Waals surface area contributed by atoms with Gasteiger partial charge in [0.15, 0.2) is 0 Å². The van der Waals surface area contributed by atoms with Gasteiger partial charge >= 0.3 is 5.97 Å². The molecular weight excluding hydrogens is 518 g/mol. The first kappa shape index (κ1) is 36.8. The second kappa shape index (κ2) is 20.6. The summed E-state index contributed by atoms with van der Waals surface area (Å²) in [5.41, 5.74) is 9.35. The molecule has 0 radical (unpaired) electrons. The molecule has 0 aromatic heterocycles. The first-order valence-corrected chi connectivity index (χ1v) is 15.5. The molecule has 0 aliphatic rings. The number of anilines is 1. The molecule has 0 aliphatic heterocycles. The van der Waals surface area contributed by atoms with Gasteiger partial charge in [-0.05, 0) is 125 Å². The topological polar surface area (TPSA) is 49.8 Å². The highest BCUT2D eigenvalue weighted by Crippen LogP contribution is 2.30. The van der Waals surface area contributed by atoms with Crippen LogP contribution in [0.3, 0.4) is 0 Å². The van der Waals surface area contributed by atoms with Crippen LogP contribution in [0.2, 0.25) is 0 Å². The quantitative estimate of drug-likeness (QED) is 0.167. The minimum absolute atomic E-state index is 0.264. The van der Waals surface area contributed by atoms with Gasteiger partial charge in [-0.2, -0.15) is 0 Å². The third kappa shape index (κ3) is 16.2. The maximum Gasteiger partial charge on any atom is 0.335 e. The zero-order valence-electron chi connectivity index (χ0n) is 28.0. The average Bonchev–Trinajstić information content (AvgIpc) is 2.92. The lowest BCUT2D eigenvalue weighted by molar-refractivity contribution is 0.0697. The van der Waals surface area contributed by atoms with Gasteiger partial charge in [0.2, 0.25) is 0 Å². The lowest BCUT2D eigenvalue weighted by atomic mass is 10.1. The van der Waals surface area contributed by atoms with Gasteiger partial charge in [-0.1, -0.05) is 69.9 Å². The largest absolute Gasteiger partial charge is 0.495 e. The van der Waals surface area contributed by atoms with Crippen molar-refractivity contribution < 1.29 is 14.6 Å². The monoisotopic (exact) mass is 575 g/mol. The lowest BCUT2D eigenvalue weighted by Crippen LogP contribution is -2.25. The van der Waals surface area contributed by atoms with Crippen LogP contribution in [0.4, 0.5) is 5.69 Å². The Morgan fingerprint density at radius 1 is 0.667 bits per heavy atom. The summed E-state index contributed by atoms with van der Waals surface area (Å²) in [6.45, 7) is 18.8. The molecule has 0 aliphatic carbocycles. The Morgan fingerprint density at radius 2 is 1.07 bits per heavy atom. The van der Waals surface area contributed by atoms with Gasteiger partial charge in [0.1, 0.15) is 5.75 Å². The lowest BCUT2D eigenvalue weighted by Gasteiger charge is -2.25. The Hall–Kier alpha value is -3.27. The average molecular weight is 576 g/mol. The third-order valence-electron chi connectivity index (χ3n) is 7.33. The molecule has 1 aromatic carbocycles. The molecule has 0 heterocycles. The van der Waals surface area contributed by atoms with Crippen LogP contribution < -0.4 is 9.64 Å². The SMILES string of the molecule is COc1ccc(C(=O)O)cc1N(C/C=C(\C)CC/C=C(\C)CCC=C(C)C)C/C=C(\C)CC/C=C(\C)CCC=C(C)C. The minimum atomic E-state index is -0.934. The van der Waals surface area contributed by atoms with Crippen molar-refractivity contribution >= 4 is 11.7 Å². The predicted octanol–water partition coefficient (Wildman–Crippen LogP) is 11.0. The number of nitrogens with zero attached hydrogens (tertiary/aromatic N) is 1. The van der Waals surface area contributed by atoms with Crippen LogP contribution in [0.5, 0.6) is 5.75 Å². The van der Waals surface area contributed by atoms with Crippen molar-refractivity contribution in [2.24, 2.45) is 0 Å². The van der Waals surface area contributed by atoms with E-state index in [-0.39, 0.29) is 5.56 Å². The summed E-state index contributed by atoms with van der Waals surface area (Å²) in [5, 5.41) is 9.64. The van der Waals surface area contributed by atoms with Crippen LogP contribution in [-0.4, -0.2) is 31.3 Å². The van der Waals surface area contributed by atoms with E-state index in [9.17, 15) is 9.90 Å². The molecule has 4 nitrogen and oxygen atoms in total. The molecule has 1 aromatic rings. The number of allylic oxidation sites excluding steroid dienone is 10. The Balaban J connectivity index is 2.99. The number of hydrogen-bond donors (Lipinski definition) is 1. The zero-order chi connectivity index (χ0) is 31.5. The summed E-state index contributed by atoms with van der Waals surface area (Å²) in [5.74, 6) is -0.252. The van der Waals surface area contributed by atoms with Crippen LogP contribution in [0.25, 0.3) is 0 Å². The molecule has 0 spiro atoms. The van der Waals surface area contributed by atoms with Crippen molar-refractivity contribution in [3.63, 3.8) is 0 Å². The molecule has 4 heteroatoms. The highest BCUT2D eigenvalue weighted by atomic mass is 16.5. The van der Waals surface area contributed by atoms with Gasteiger partial charge in [0, 0.05) is 13.1 Å². The predicted molar refractivity (Wildman–Crippen MR) is 183 cm³/mol. The molecule has 0 saturated carbocycles. The number of aromatic carboxylic acids is 1. The van der Waals surface area contributed by atoms with Gasteiger partial charge in [0.05, 0.1) is 18.4 Å². The number of methoxy groups -OCH3 is 1. The summed E-state index contributed by atoms with van der Waals surface area (Å²) in [6.07, 6.45) is 22.3. The van der Waals surface area contributed by atoms with E-state index in [0.29, 0.717) is 18.8 Å². The Morgan fingerprint density at radius 3 is 1.45 bits per heavy atom. The third-order valence-corrected chi connectivity index (χ3v) is 7.33. The van der Waals surface area contributed by atoms with E-state index in [4.69, 9.17) is 4.74 Å². The maximum atomic E-state index is 11.8. The fraction of sp³-hybridized carbons (Fsp3) is 0.500. The smallest absolute Gasteiger partial charge is 0.335 e. The Bertz CT molecular complexity index is 1110. The maximum absolute atomic E-state index is 11.8. The Labute approximate surface area is 257 Å². The first-order valence-electron chi connectivity index (χ1n) is 15.5. The number of benzene rings is 1. The molecule has 0 unspecified atom stereocenters. The Kier molecular flexibility index (Phi) is 18.0. The number of carbonyl (C=O) groups is 1. The summed E-state index contributed by atoms with van der Waals surface area (Å²) >= 11 is 0. The first-order chi connectivity index (χ1) is 19.9. The van der Waals surface area contributed by atoms with Gasteiger partial charge in [-0.15, -0.1) is 0 Å². The van der Waals surface area contributed by atoms with Crippen molar-refractivity contribution in [3.8, 4) is 5.75 Å². The second-order valence-electron chi connectivity index (χ2n) is 12.0. The van der Waals surface area contributed by atoms with Crippen LogP contribution >= 0.6 is 0 Å². The zero-order valence-corrected chi connectivity index (χ0v) is 28.0. The van der Waals surface area contributed by atoms with E-state index in [1.807, 2.05) is 0 Å². The number of rotatable bonds is 19. The number of carboxylic acid groups (broad SMARTS) is 1. The van der Waals surface area contributed by atoms with Crippen molar-refractivity contribution in [2.45, 2.75) is 107 Å². The van der Waals surface area contributed by atoms with E-state index < -0.39 is 5.97 Å². The standard InChI is InChI=1S/C38H57NO3/c1-29(2)14-10-16-31(5)18-12-20-33(7)24-26-39(36-28-35(38(40)41)22-23-37(36)42-9)27-25-34(8)21-13-19-32(6)17-11-15-30(3)4/h14-15,18-19,22-25,28H,10-13,16-17,20-21,26-27H2,1-9H3,(H,40,41)/b31-18+,32-19+,33-24+,34-25+. The summed E-state index contributed by atoms with van der Waals surface area (Å²) < 4.78 is 5.65. The van der Waals surface area contributed by atoms with E-state index in [1.165, 1.54) is 33.4 Å². The summed E-state index contributed by atoms with van der Waals surface area (Å²) in [7, 11) is 1.64. The van der Waals surface area contributed by atoms with Crippen molar-refractivity contribution in [3.05, 3.63) is 93.7 Å². The summed E-state index contributed by atoms with van der Waals surface area (Å²) in [4.78, 5) is 14.0. The minimum Gasteiger partial charge on any atom is -0.495 e. The normalized spacial score (nSPS) is 12.7. The molecule has 0 amide bonds. The van der Waals surface area contributed by atoms with Gasteiger partial charge in [-0.25, -0.2) is 4.79 Å². The molecule has 232 valence electrons. The second-order valence-corrected chi connectivity index (χ2v) is 12.0. The fourth-order valence-electron chi connectivity index (χ4n) is 4.55. The van der Waals surface area contributed by atoms with Gasteiger partial charge in [0.25, 0.3) is 0 Å². The highest BCUT2D eigenvalue weighted by Gasteiger charge is 2.14. The molecule has 0 bridgehead atoms. The van der Waals surface area contributed by atoms with E-state index in [1.54, 1.807) is 25.3 Å². The van der Waals surface area contributed by atoms with Crippen LogP contribution in [-0.2, 0) is 0 Å². The highest BCUT2D eigenvalue weighted by molar-refractivity contribution is 5.89. The van der Waals surface area contributed by atoms with E-state index in [0.717, 1.165) is 57.1 Å². The van der Waals surface area contributed by atoms with Gasteiger partial charge in [-0.3, -0.25) is 0 Å². The van der Waals surface area contributed by atoms with Crippen LogP contribution in [0.15, 0.2) is 88.1 Å².